The Morgan fingerprint density at radius 3 is 2.30 bits per heavy atom. The Hall–Kier alpha value is -2.55. The number of hydrogen-bond acceptors (Lipinski definition) is 5. The summed E-state index contributed by atoms with van der Waals surface area (Å²) in [5.41, 5.74) is 1.47. The number of rotatable bonds is 6. The molecule has 1 heterocycles. The number of carbonyl (C=O) groups excluding carboxylic acids is 1. The van der Waals surface area contributed by atoms with Crippen molar-refractivity contribution in [3.05, 3.63) is 47.8 Å². The predicted molar refractivity (Wildman–Crippen MR) is 124 cm³/mol. The molecule has 33 heavy (non-hydrogen) atoms. The zero-order valence-electron chi connectivity index (χ0n) is 19.4. The third-order valence-corrected chi connectivity index (χ3v) is 6.32. The molecule has 5 nitrogen and oxygen atoms in total. The number of carbonyl (C=O) groups is 1. The van der Waals surface area contributed by atoms with Gasteiger partial charge in [0.1, 0.15) is 4.75 Å². The molecule has 1 saturated carbocycles. The number of ether oxygens (including phenoxy) is 1. The van der Waals surface area contributed by atoms with E-state index in [1.54, 1.807) is 32.9 Å². The molecule has 1 fully saturated rings. The topological polar surface area (TPSA) is 57.0 Å². The largest absolute Gasteiger partial charge is 0.465 e. The molecule has 1 aliphatic carbocycles. The average Bonchev–Trinajstić information content (AvgIpc) is 3.54. The van der Waals surface area contributed by atoms with Gasteiger partial charge in [0, 0.05) is 5.39 Å². The first kappa shape index (κ1) is 25.1. The van der Waals surface area contributed by atoms with Crippen molar-refractivity contribution in [3.8, 4) is 5.69 Å². The molecular weight excluding hydrogens is 451 g/mol. The van der Waals surface area contributed by atoms with E-state index in [0.717, 1.165) is 40.1 Å². The maximum Gasteiger partial charge on any atom is 0.452 e. The SMILES string of the molecule is CC.CCOC(=O)C(C)(C)Sc1nnc(C(F)(F)F)n1-c1ccc(C2CC2)c2ccccc12. The van der Waals surface area contributed by atoms with Gasteiger partial charge in [-0.3, -0.25) is 9.36 Å². The van der Waals surface area contributed by atoms with Gasteiger partial charge in [-0.1, -0.05) is 55.9 Å². The molecule has 0 saturated heterocycles. The molecule has 2 aromatic carbocycles. The normalized spacial score (nSPS) is 14.1. The van der Waals surface area contributed by atoms with Crippen molar-refractivity contribution in [2.75, 3.05) is 6.61 Å². The Morgan fingerprint density at radius 2 is 1.73 bits per heavy atom. The Bertz CT molecular complexity index is 1140. The fourth-order valence-corrected chi connectivity index (χ4v) is 4.52. The van der Waals surface area contributed by atoms with Crippen LogP contribution in [-0.4, -0.2) is 32.1 Å². The van der Waals surface area contributed by atoms with Crippen molar-refractivity contribution >= 4 is 28.5 Å². The van der Waals surface area contributed by atoms with Crippen LogP contribution in [0.15, 0.2) is 41.6 Å². The van der Waals surface area contributed by atoms with Gasteiger partial charge in [0.25, 0.3) is 0 Å². The molecule has 3 aromatic rings. The number of nitrogens with zero attached hydrogens (tertiary/aromatic N) is 3. The van der Waals surface area contributed by atoms with E-state index in [4.69, 9.17) is 4.74 Å². The van der Waals surface area contributed by atoms with Gasteiger partial charge in [0.15, 0.2) is 5.16 Å². The third kappa shape index (κ3) is 5.18. The lowest BCUT2D eigenvalue weighted by molar-refractivity contribution is -0.146. The summed E-state index contributed by atoms with van der Waals surface area (Å²) in [6, 6.07) is 11.0. The quantitative estimate of drug-likeness (QED) is 0.288. The summed E-state index contributed by atoms with van der Waals surface area (Å²) in [4.78, 5) is 12.3. The average molecular weight is 480 g/mol. The molecule has 0 unspecified atom stereocenters. The first-order chi connectivity index (χ1) is 15.6. The van der Waals surface area contributed by atoms with E-state index in [1.807, 2.05) is 38.1 Å². The van der Waals surface area contributed by atoms with E-state index in [-0.39, 0.29) is 11.8 Å². The number of halogens is 3. The molecule has 0 aliphatic heterocycles. The van der Waals surface area contributed by atoms with Gasteiger partial charge in [-0.05, 0) is 56.5 Å². The van der Waals surface area contributed by atoms with Crippen LogP contribution in [0.25, 0.3) is 16.5 Å². The molecule has 1 aromatic heterocycles. The highest BCUT2D eigenvalue weighted by atomic mass is 32.2. The van der Waals surface area contributed by atoms with Crippen LogP contribution < -0.4 is 0 Å². The van der Waals surface area contributed by atoms with Crippen molar-refractivity contribution in [1.82, 2.24) is 14.8 Å². The molecule has 0 N–H and O–H groups in total. The van der Waals surface area contributed by atoms with Crippen LogP contribution in [0.2, 0.25) is 0 Å². The van der Waals surface area contributed by atoms with Crippen LogP contribution in [0.5, 0.6) is 0 Å². The molecule has 0 atom stereocenters. The van der Waals surface area contributed by atoms with Crippen molar-refractivity contribution in [2.45, 2.75) is 69.5 Å². The molecule has 0 amide bonds. The van der Waals surface area contributed by atoms with Crippen LogP contribution in [-0.2, 0) is 15.7 Å². The molecule has 1 aliphatic rings. The van der Waals surface area contributed by atoms with Gasteiger partial charge in [0.05, 0.1) is 12.3 Å². The lowest BCUT2D eigenvalue weighted by Crippen LogP contribution is -2.30. The zero-order chi connectivity index (χ0) is 24.4. The Labute approximate surface area is 195 Å². The number of alkyl halides is 3. The molecule has 0 spiro atoms. The number of hydrogen-bond donors (Lipinski definition) is 0. The van der Waals surface area contributed by atoms with Crippen LogP contribution in [0.3, 0.4) is 0 Å². The van der Waals surface area contributed by atoms with Crippen LogP contribution >= 0.6 is 11.8 Å². The number of benzene rings is 2. The Morgan fingerprint density at radius 1 is 1.09 bits per heavy atom. The van der Waals surface area contributed by atoms with Gasteiger partial charge >= 0.3 is 12.1 Å². The summed E-state index contributed by atoms with van der Waals surface area (Å²) in [6.07, 6.45) is -2.55. The second kappa shape index (κ2) is 9.75. The summed E-state index contributed by atoms with van der Waals surface area (Å²) in [5.74, 6) is -1.21. The first-order valence-corrected chi connectivity index (χ1v) is 11.9. The monoisotopic (exact) mass is 479 g/mol. The Kier molecular flexibility index (Phi) is 7.41. The highest BCUT2D eigenvalue weighted by Crippen LogP contribution is 2.45. The van der Waals surface area contributed by atoms with Crippen LogP contribution in [0.4, 0.5) is 13.2 Å². The fraction of sp³-hybridized carbons (Fsp3) is 0.458. The highest BCUT2D eigenvalue weighted by Gasteiger charge is 2.41. The van der Waals surface area contributed by atoms with Crippen molar-refractivity contribution in [2.24, 2.45) is 0 Å². The van der Waals surface area contributed by atoms with Gasteiger partial charge in [-0.25, -0.2) is 0 Å². The first-order valence-electron chi connectivity index (χ1n) is 11.0. The van der Waals surface area contributed by atoms with E-state index in [9.17, 15) is 18.0 Å². The predicted octanol–water partition coefficient (Wildman–Crippen LogP) is 6.78. The van der Waals surface area contributed by atoms with E-state index in [0.29, 0.717) is 17.0 Å². The number of aromatic nitrogens is 3. The lowest BCUT2D eigenvalue weighted by atomic mass is 9.99. The fourth-order valence-electron chi connectivity index (χ4n) is 3.56. The summed E-state index contributed by atoms with van der Waals surface area (Å²) < 4.78 is 46.5. The molecule has 178 valence electrons. The standard InChI is InChI=1S/C22H22F3N3O2S.C2H6/c1-4-30-19(29)21(2,3)31-20-27-26-18(22(23,24)25)28(20)17-12-11-14(13-9-10-13)15-7-5-6-8-16(15)17;1-2/h5-8,11-13H,4,9-10H2,1-3H3;1-2H3. The summed E-state index contributed by atoms with van der Waals surface area (Å²) in [7, 11) is 0. The maximum absolute atomic E-state index is 13.9. The van der Waals surface area contributed by atoms with E-state index < -0.39 is 22.7 Å². The van der Waals surface area contributed by atoms with Crippen LogP contribution in [0.1, 0.15) is 64.8 Å². The number of thioether (sulfide) groups is 1. The molecule has 0 radical (unpaired) electrons. The Balaban J connectivity index is 0.00000149. The van der Waals surface area contributed by atoms with Gasteiger partial charge < -0.3 is 4.74 Å². The third-order valence-electron chi connectivity index (χ3n) is 5.19. The van der Waals surface area contributed by atoms with Crippen LogP contribution in [0, 0.1) is 0 Å². The van der Waals surface area contributed by atoms with Gasteiger partial charge in [0.2, 0.25) is 5.82 Å². The molecular formula is C24H28F3N3O2S. The summed E-state index contributed by atoms with van der Waals surface area (Å²) in [6.45, 7) is 9.04. The van der Waals surface area contributed by atoms with Gasteiger partial charge in [-0.2, -0.15) is 13.2 Å². The highest BCUT2D eigenvalue weighted by molar-refractivity contribution is 8.01. The molecule has 4 rings (SSSR count). The lowest BCUT2D eigenvalue weighted by Gasteiger charge is -2.22. The minimum absolute atomic E-state index is 0.0188. The van der Waals surface area contributed by atoms with Crippen molar-refractivity contribution < 1.29 is 22.7 Å². The maximum atomic E-state index is 13.9. The van der Waals surface area contributed by atoms with Crippen molar-refractivity contribution in [3.63, 3.8) is 0 Å². The second-order valence-electron chi connectivity index (χ2n) is 7.97. The molecule has 0 bridgehead atoms. The number of esters is 1. The smallest absolute Gasteiger partial charge is 0.452 e. The second-order valence-corrected chi connectivity index (χ2v) is 9.56. The minimum Gasteiger partial charge on any atom is -0.465 e. The zero-order valence-corrected chi connectivity index (χ0v) is 20.2. The summed E-state index contributed by atoms with van der Waals surface area (Å²) in [5, 5.41) is 8.85. The minimum atomic E-state index is -4.71. The van der Waals surface area contributed by atoms with E-state index in [1.165, 1.54) is 0 Å². The molecule has 9 heteroatoms. The van der Waals surface area contributed by atoms with E-state index >= 15 is 0 Å². The summed E-state index contributed by atoms with van der Waals surface area (Å²) >= 11 is 0.899. The van der Waals surface area contributed by atoms with E-state index in [2.05, 4.69) is 10.2 Å². The van der Waals surface area contributed by atoms with Gasteiger partial charge in [-0.15, -0.1) is 10.2 Å². The number of fused-ring (bicyclic) bond motifs is 1. The van der Waals surface area contributed by atoms with Crippen molar-refractivity contribution in [1.29, 1.82) is 0 Å².